The Morgan fingerprint density at radius 1 is 1.50 bits per heavy atom. The van der Waals surface area contributed by atoms with E-state index in [9.17, 15) is 10.1 Å². The van der Waals surface area contributed by atoms with E-state index in [1.165, 1.54) is 10.9 Å². The van der Waals surface area contributed by atoms with E-state index in [1.54, 1.807) is 0 Å². The van der Waals surface area contributed by atoms with Crippen LogP contribution in [0.4, 0.5) is 11.5 Å². The molecule has 114 valence electrons. The van der Waals surface area contributed by atoms with Crippen LogP contribution in [0, 0.1) is 10.1 Å². The first kappa shape index (κ1) is 16.6. The van der Waals surface area contributed by atoms with Crippen LogP contribution in [0.25, 0.3) is 0 Å². The van der Waals surface area contributed by atoms with Crippen molar-refractivity contribution in [3.05, 3.63) is 16.3 Å². The predicted molar refractivity (Wildman–Crippen MR) is 81.1 cm³/mol. The Hall–Kier alpha value is -1.41. The molecule has 0 aromatic carbocycles. The van der Waals surface area contributed by atoms with Gasteiger partial charge in [0.1, 0.15) is 6.20 Å². The topological polar surface area (TPSA) is 96.2 Å². The van der Waals surface area contributed by atoms with Crippen molar-refractivity contribution in [2.45, 2.75) is 51.9 Å². The molecule has 0 aliphatic rings. The van der Waals surface area contributed by atoms with E-state index in [-0.39, 0.29) is 16.5 Å². The van der Waals surface area contributed by atoms with Crippen LogP contribution in [0.3, 0.4) is 0 Å². The summed E-state index contributed by atoms with van der Waals surface area (Å²) in [5, 5.41) is 14.8. The largest absolute Gasteiger partial charge is 0.417 e. The molecule has 1 aromatic heterocycles. The summed E-state index contributed by atoms with van der Waals surface area (Å²) in [6.07, 6.45) is 2.12. The van der Waals surface area contributed by atoms with Crippen LogP contribution in [0.15, 0.2) is 6.20 Å². The normalized spacial score (nSPS) is 12.7. The van der Waals surface area contributed by atoms with E-state index in [4.69, 9.17) is 10.2 Å². The lowest BCUT2D eigenvalue weighted by Gasteiger charge is -2.36. The van der Waals surface area contributed by atoms with Crippen molar-refractivity contribution in [2.75, 3.05) is 12.3 Å². The molecule has 8 heteroatoms. The van der Waals surface area contributed by atoms with Gasteiger partial charge in [0.2, 0.25) is 5.82 Å². The van der Waals surface area contributed by atoms with Crippen LogP contribution in [0.2, 0.25) is 18.1 Å². The third-order valence-corrected chi connectivity index (χ3v) is 8.31. The summed E-state index contributed by atoms with van der Waals surface area (Å²) in [4.78, 5) is 10.1. The molecular formula is C12H24N4O3Si. The molecule has 0 aliphatic heterocycles. The SMILES string of the molecule is CC(C)(C)[Si](C)(C)OCCCn1cc([N+](=O)[O-])c(N)n1. The number of nitrogens with two attached hydrogens (primary N) is 1. The second-order valence-corrected chi connectivity index (χ2v) is 11.2. The minimum absolute atomic E-state index is 0.0414. The highest BCUT2D eigenvalue weighted by atomic mass is 28.4. The number of aromatic nitrogens is 2. The zero-order chi connectivity index (χ0) is 15.6. The fourth-order valence-electron chi connectivity index (χ4n) is 1.45. The zero-order valence-electron chi connectivity index (χ0n) is 12.8. The molecule has 0 amide bonds. The second-order valence-electron chi connectivity index (χ2n) is 6.38. The molecule has 0 aliphatic carbocycles. The average molecular weight is 300 g/mol. The Labute approximate surface area is 120 Å². The van der Waals surface area contributed by atoms with Crippen molar-refractivity contribution in [1.82, 2.24) is 9.78 Å². The summed E-state index contributed by atoms with van der Waals surface area (Å²) < 4.78 is 7.54. The lowest BCUT2D eigenvalue weighted by atomic mass is 10.2. The summed E-state index contributed by atoms with van der Waals surface area (Å²) >= 11 is 0. The number of nitrogens with zero attached hydrogens (tertiary/aromatic N) is 3. The number of nitrogen functional groups attached to an aromatic ring is 1. The molecule has 1 rings (SSSR count). The van der Waals surface area contributed by atoms with Gasteiger partial charge in [0.25, 0.3) is 0 Å². The van der Waals surface area contributed by atoms with Gasteiger partial charge in [-0.2, -0.15) is 0 Å². The fraction of sp³-hybridized carbons (Fsp3) is 0.750. The summed E-state index contributed by atoms with van der Waals surface area (Å²) in [6.45, 7) is 12.2. The molecule has 1 heterocycles. The van der Waals surface area contributed by atoms with Crippen LogP contribution in [0.1, 0.15) is 27.2 Å². The molecule has 0 saturated heterocycles. The Kier molecular flexibility index (Phi) is 4.93. The van der Waals surface area contributed by atoms with E-state index in [1.807, 2.05) is 0 Å². The third-order valence-electron chi connectivity index (χ3n) is 3.77. The average Bonchev–Trinajstić information content (AvgIpc) is 2.64. The van der Waals surface area contributed by atoms with Crippen molar-refractivity contribution in [2.24, 2.45) is 0 Å². The maximum absolute atomic E-state index is 10.7. The molecule has 0 saturated carbocycles. The molecule has 20 heavy (non-hydrogen) atoms. The lowest BCUT2D eigenvalue weighted by Crippen LogP contribution is -2.41. The molecule has 0 spiro atoms. The van der Waals surface area contributed by atoms with Crippen molar-refractivity contribution >= 4 is 19.8 Å². The van der Waals surface area contributed by atoms with Gasteiger partial charge >= 0.3 is 5.69 Å². The maximum atomic E-state index is 10.7. The van der Waals surface area contributed by atoms with Gasteiger partial charge in [0.15, 0.2) is 8.32 Å². The monoisotopic (exact) mass is 300 g/mol. The highest BCUT2D eigenvalue weighted by Gasteiger charge is 2.36. The number of aryl methyl sites for hydroxylation is 1. The van der Waals surface area contributed by atoms with E-state index in [0.29, 0.717) is 13.2 Å². The van der Waals surface area contributed by atoms with Gasteiger partial charge in [0, 0.05) is 13.2 Å². The minimum atomic E-state index is -1.73. The summed E-state index contributed by atoms with van der Waals surface area (Å²) in [6, 6.07) is 0. The van der Waals surface area contributed by atoms with Crippen LogP contribution in [-0.4, -0.2) is 29.6 Å². The van der Waals surface area contributed by atoms with Gasteiger partial charge in [-0.15, -0.1) is 5.10 Å². The van der Waals surface area contributed by atoms with Crippen LogP contribution in [-0.2, 0) is 11.0 Å². The van der Waals surface area contributed by atoms with Gasteiger partial charge in [0.05, 0.1) is 4.92 Å². The molecule has 0 bridgehead atoms. The Bertz CT molecular complexity index is 480. The summed E-state index contributed by atoms with van der Waals surface area (Å²) in [7, 11) is -1.73. The van der Waals surface area contributed by atoms with Crippen LogP contribution in [0.5, 0.6) is 0 Å². The van der Waals surface area contributed by atoms with Gasteiger partial charge in [-0.05, 0) is 24.6 Å². The van der Waals surface area contributed by atoms with E-state index in [2.05, 4.69) is 39.0 Å². The predicted octanol–water partition coefficient (Wildman–Crippen LogP) is 2.79. The van der Waals surface area contributed by atoms with E-state index in [0.717, 1.165) is 6.42 Å². The number of hydrogen-bond acceptors (Lipinski definition) is 5. The van der Waals surface area contributed by atoms with Gasteiger partial charge in [-0.1, -0.05) is 20.8 Å². The highest BCUT2D eigenvalue weighted by Crippen LogP contribution is 2.36. The molecular weight excluding hydrogens is 276 g/mol. The first-order valence-corrected chi connectivity index (χ1v) is 9.57. The molecule has 2 N–H and O–H groups in total. The molecule has 1 aromatic rings. The van der Waals surface area contributed by atoms with Gasteiger partial charge in [-0.3, -0.25) is 14.8 Å². The second kappa shape index (κ2) is 5.92. The van der Waals surface area contributed by atoms with Crippen molar-refractivity contribution in [3.63, 3.8) is 0 Å². The maximum Gasteiger partial charge on any atom is 0.330 e. The number of rotatable bonds is 6. The molecule has 0 unspecified atom stereocenters. The fourth-order valence-corrected chi connectivity index (χ4v) is 2.54. The number of hydrogen-bond donors (Lipinski definition) is 1. The van der Waals surface area contributed by atoms with Gasteiger partial charge < -0.3 is 10.2 Å². The van der Waals surface area contributed by atoms with Crippen molar-refractivity contribution < 1.29 is 9.35 Å². The summed E-state index contributed by atoms with van der Waals surface area (Å²) in [5.74, 6) is -0.0414. The van der Waals surface area contributed by atoms with Crippen LogP contribution < -0.4 is 5.73 Å². The minimum Gasteiger partial charge on any atom is -0.417 e. The summed E-state index contributed by atoms with van der Waals surface area (Å²) in [5.41, 5.74) is 5.33. The number of anilines is 1. The smallest absolute Gasteiger partial charge is 0.330 e. The lowest BCUT2D eigenvalue weighted by molar-refractivity contribution is -0.384. The zero-order valence-corrected chi connectivity index (χ0v) is 13.8. The first-order chi connectivity index (χ1) is 9.04. The Morgan fingerprint density at radius 2 is 2.10 bits per heavy atom. The Balaban J connectivity index is 2.46. The molecule has 0 atom stereocenters. The first-order valence-electron chi connectivity index (χ1n) is 6.66. The van der Waals surface area contributed by atoms with Crippen molar-refractivity contribution in [3.8, 4) is 0 Å². The molecule has 7 nitrogen and oxygen atoms in total. The molecule has 0 fully saturated rings. The number of nitro groups is 1. The van der Waals surface area contributed by atoms with E-state index >= 15 is 0 Å². The van der Waals surface area contributed by atoms with Gasteiger partial charge in [-0.25, -0.2) is 0 Å². The van der Waals surface area contributed by atoms with E-state index < -0.39 is 13.2 Å². The molecule has 0 radical (unpaired) electrons. The highest BCUT2D eigenvalue weighted by molar-refractivity contribution is 6.74. The van der Waals surface area contributed by atoms with Crippen molar-refractivity contribution in [1.29, 1.82) is 0 Å². The standard InChI is InChI=1S/C12H24N4O3Si/c1-12(2,3)20(4,5)19-8-6-7-15-9-10(16(17)18)11(13)14-15/h9H,6-8H2,1-5H3,(H2,13,14). The Morgan fingerprint density at radius 3 is 2.55 bits per heavy atom. The van der Waals surface area contributed by atoms with Crippen LogP contribution >= 0.6 is 0 Å². The third kappa shape index (κ3) is 4.04. The quantitative estimate of drug-likeness (QED) is 0.377.